The van der Waals surface area contributed by atoms with Gasteiger partial charge in [-0.15, -0.1) is 0 Å². The third-order valence-corrected chi connectivity index (χ3v) is 2.87. The molecule has 4 heteroatoms. The van der Waals surface area contributed by atoms with Gasteiger partial charge in [0.2, 0.25) is 0 Å². The largest absolute Gasteiger partial charge is 0.370 e. The zero-order chi connectivity index (χ0) is 15.0. The highest BCUT2D eigenvalue weighted by Gasteiger charge is 2.10. The van der Waals surface area contributed by atoms with Gasteiger partial charge in [-0.2, -0.15) is 0 Å². The Labute approximate surface area is 122 Å². The number of anilines is 1. The number of carbonyl (C=O) groups is 1. The summed E-state index contributed by atoms with van der Waals surface area (Å²) >= 11 is 0. The number of carbonyl (C=O) groups excluding carboxylic acids is 1. The molecule has 0 saturated carbocycles. The van der Waals surface area contributed by atoms with Crippen molar-refractivity contribution in [3.63, 3.8) is 0 Å². The molecule has 0 aromatic carbocycles. The minimum absolute atomic E-state index is 0.0157. The highest BCUT2D eigenvalue weighted by molar-refractivity contribution is 5.95. The van der Waals surface area contributed by atoms with Crippen LogP contribution in [0, 0.1) is 5.92 Å². The van der Waals surface area contributed by atoms with Crippen LogP contribution in [0.25, 0.3) is 0 Å². The van der Waals surface area contributed by atoms with Crippen LogP contribution in [-0.4, -0.2) is 24.0 Å². The van der Waals surface area contributed by atoms with Gasteiger partial charge in [-0.05, 0) is 30.9 Å². The molecule has 0 aliphatic heterocycles. The second-order valence-electron chi connectivity index (χ2n) is 5.51. The van der Waals surface area contributed by atoms with E-state index in [9.17, 15) is 4.79 Å². The number of aromatic nitrogens is 1. The van der Waals surface area contributed by atoms with Gasteiger partial charge in [0.25, 0.3) is 5.91 Å². The van der Waals surface area contributed by atoms with Crippen molar-refractivity contribution in [1.82, 2.24) is 10.3 Å². The summed E-state index contributed by atoms with van der Waals surface area (Å²) in [6.45, 7) is 9.97. The van der Waals surface area contributed by atoms with Crippen LogP contribution < -0.4 is 10.6 Å². The van der Waals surface area contributed by atoms with E-state index in [0.29, 0.717) is 18.0 Å². The molecule has 0 bridgehead atoms. The van der Waals surface area contributed by atoms with Crippen LogP contribution in [0.3, 0.4) is 0 Å². The molecule has 2 N–H and O–H groups in total. The molecule has 112 valence electrons. The molecule has 1 heterocycles. The molecule has 20 heavy (non-hydrogen) atoms. The number of nitrogens with zero attached hydrogens (tertiary/aromatic N) is 1. The highest BCUT2D eigenvalue weighted by atomic mass is 16.1. The van der Waals surface area contributed by atoms with Crippen LogP contribution in [0.4, 0.5) is 5.82 Å². The first-order valence-electron chi connectivity index (χ1n) is 7.59. The van der Waals surface area contributed by atoms with Gasteiger partial charge in [0.15, 0.2) is 0 Å². The van der Waals surface area contributed by atoms with Crippen LogP contribution in [0.2, 0.25) is 0 Å². The molecule has 0 saturated heterocycles. The minimum Gasteiger partial charge on any atom is -0.370 e. The van der Waals surface area contributed by atoms with Crippen molar-refractivity contribution in [1.29, 1.82) is 0 Å². The molecule has 1 aromatic rings. The summed E-state index contributed by atoms with van der Waals surface area (Å²) in [4.78, 5) is 16.7. The van der Waals surface area contributed by atoms with E-state index in [4.69, 9.17) is 0 Å². The average molecular weight is 277 g/mol. The Balaban J connectivity index is 2.86. The summed E-state index contributed by atoms with van der Waals surface area (Å²) in [6.07, 6.45) is 2.96. The molecular weight excluding hydrogens is 250 g/mol. The molecule has 0 aliphatic carbocycles. The van der Waals surface area contributed by atoms with E-state index in [-0.39, 0.29) is 5.91 Å². The fraction of sp³-hybridized carbons (Fsp3) is 0.625. The third-order valence-electron chi connectivity index (χ3n) is 2.87. The lowest BCUT2D eigenvalue weighted by atomic mass is 10.1. The van der Waals surface area contributed by atoms with Crippen molar-refractivity contribution < 1.29 is 4.79 Å². The number of hydrogen-bond donors (Lipinski definition) is 2. The molecule has 4 nitrogen and oxygen atoms in total. The van der Waals surface area contributed by atoms with E-state index in [1.807, 2.05) is 12.1 Å². The summed E-state index contributed by atoms with van der Waals surface area (Å²) in [6, 6.07) is 3.74. The average Bonchev–Trinajstić information content (AvgIpc) is 2.42. The molecule has 0 aliphatic rings. The topological polar surface area (TPSA) is 54.0 Å². The van der Waals surface area contributed by atoms with E-state index in [0.717, 1.165) is 37.3 Å². The quantitative estimate of drug-likeness (QED) is 0.767. The fourth-order valence-corrected chi connectivity index (χ4v) is 1.85. The summed E-state index contributed by atoms with van der Waals surface area (Å²) in [5, 5.41) is 6.22. The van der Waals surface area contributed by atoms with Crippen molar-refractivity contribution in [3.05, 3.63) is 23.4 Å². The Morgan fingerprint density at radius 2 is 2.00 bits per heavy atom. The first kappa shape index (κ1) is 16.5. The maximum atomic E-state index is 12.2. The maximum absolute atomic E-state index is 12.2. The monoisotopic (exact) mass is 277 g/mol. The van der Waals surface area contributed by atoms with Crippen LogP contribution >= 0.6 is 0 Å². The van der Waals surface area contributed by atoms with Crippen LogP contribution in [0.5, 0.6) is 0 Å². The van der Waals surface area contributed by atoms with Gasteiger partial charge in [0, 0.05) is 24.3 Å². The van der Waals surface area contributed by atoms with Crippen molar-refractivity contribution in [2.24, 2.45) is 5.92 Å². The number of aryl methyl sites for hydroxylation is 1. The number of amides is 1. The van der Waals surface area contributed by atoms with E-state index in [2.05, 4.69) is 43.3 Å². The predicted octanol–water partition coefficient (Wildman–Crippen LogP) is 3.24. The Kier molecular flexibility index (Phi) is 7.05. The molecule has 0 fully saturated rings. The number of pyridine rings is 1. The Bertz CT molecular complexity index is 430. The lowest BCUT2D eigenvalue weighted by Gasteiger charge is -2.11. The molecule has 0 spiro atoms. The molecule has 1 rings (SSSR count). The lowest BCUT2D eigenvalue weighted by Crippen LogP contribution is -2.27. The molecule has 1 amide bonds. The smallest absolute Gasteiger partial charge is 0.251 e. The maximum Gasteiger partial charge on any atom is 0.251 e. The second-order valence-corrected chi connectivity index (χ2v) is 5.51. The second kappa shape index (κ2) is 8.56. The van der Waals surface area contributed by atoms with Crippen LogP contribution in [0.15, 0.2) is 12.1 Å². The molecule has 0 atom stereocenters. The fourth-order valence-electron chi connectivity index (χ4n) is 1.85. The van der Waals surface area contributed by atoms with Crippen molar-refractivity contribution in [2.45, 2.75) is 47.0 Å². The van der Waals surface area contributed by atoms with Gasteiger partial charge in [-0.25, -0.2) is 4.98 Å². The molecular formula is C16H27N3O. The Hall–Kier alpha value is -1.58. The first-order chi connectivity index (χ1) is 9.56. The van der Waals surface area contributed by atoms with Gasteiger partial charge >= 0.3 is 0 Å². The van der Waals surface area contributed by atoms with E-state index in [1.54, 1.807) is 0 Å². The predicted molar refractivity (Wildman–Crippen MR) is 84.2 cm³/mol. The highest BCUT2D eigenvalue weighted by Crippen LogP contribution is 2.12. The van der Waals surface area contributed by atoms with Gasteiger partial charge in [0.1, 0.15) is 5.82 Å². The van der Waals surface area contributed by atoms with E-state index < -0.39 is 0 Å². The molecule has 1 aromatic heterocycles. The third kappa shape index (κ3) is 5.59. The van der Waals surface area contributed by atoms with Gasteiger partial charge in [0.05, 0.1) is 0 Å². The van der Waals surface area contributed by atoms with Crippen molar-refractivity contribution >= 4 is 11.7 Å². The number of rotatable bonds is 8. The summed E-state index contributed by atoms with van der Waals surface area (Å²) in [7, 11) is 0. The van der Waals surface area contributed by atoms with Crippen molar-refractivity contribution in [3.8, 4) is 0 Å². The zero-order valence-corrected chi connectivity index (χ0v) is 13.1. The van der Waals surface area contributed by atoms with Crippen molar-refractivity contribution in [2.75, 3.05) is 18.4 Å². The van der Waals surface area contributed by atoms with Gasteiger partial charge in [-0.1, -0.05) is 34.1 Å². The van der Waals surface area contributed by atoms with E-state index in [1.165, 1.54) is 0 Å². The van der Waals surface area contributed by atoms with E-state index >= 15 is 0 Å². The lowest BCUT2D eigenvalue weighted by molar-refractivity contribution is 0.0949. The Morgan fingerprint density at radius 3 is 2.60 bits per heavy atom. The first-order valence-corrected chi connectivity index (χ1v) is 7.59. The number of nitrogens with one attached hydrogen (secondary N) is 2. The van der Waals surface area contributed by atoms with Crippen LogP contribution in [0.1, 0.15) is 56.6 Å². The standard InChI is InChI=1S/C16H27N3O/c1-5-7-14-9-13(16(20)18-11-12(3)4)10-15(19-14)17-8-6-2/h9-10,12H,5-8,11H2,1-4H3,(H,17,19)(H,18,20). The van der Waals surface area contributed by atoms with Gasteiger partial charge in [-0.3, -0.25) is 4.79 Å². The molecule has 0 radical (unpaired) electrons. The normalized spacial score (nSPS) is 10.7. The summed E-state index contributed by atoms with van der Waals surface area (Å²) in [5.74, 6) is 1.24. The SMILES string of the molecule is CCCNc1cc(C(=O)NCC(C)C)cc(CCC)n1. The van der Waals surface area contributed by atoms with Gasteiger partial charge < -0.3 is 10.6 Å². The molecule has 0 unspecified atom stereocenters. The zero-order valence-electron chi connectivity index (χ0n) is 13.1. The summed E-state index contributed by atoms with van der Waals surface area (Å²) in [5.41, 5.74) is 1.67. The number of hydrogen-bond acceptors (Lipinski definition) is 3. The Morgan fingerprint density at radius 1 is 1.25 bits per heavy atom. The summed E-state index contributed by atoms with van der Waals surface area (Å²) < 4.78 is 0. The van der Waals surface area contributed by atoms with Crippen LogP contribution in [-0.2, 0) is 6.42 Å². The minimum atomic E-state index is -0.0157.